The number of nitrogens with zero attached hydrogens (tertiary/aromatic N) is 2. The van der Waals surface area contributed by atoms with Gasteiger partial charge in [-0.05, 0) is 72.9 Å². The number of benzene rings is 1. The van der Waals surface area contributed by atoms with Crippen molar-refractivity contribution in [3.05, 3.63) is 77.2 Å². The molecule has 2 aromatic heterocycles. The Balaban J connectivity index is 1.61. The molecule has 1 saturated carbocycles. The maximum Gasteiger partial charge on any atom is 0.274 e. The van der Waals surface area contributed by atoms with Crippen LogP contribution in [0, 0.1) is 17.6 Å². The first-order chi connectivity index (χ1) is 15.9. The summed E-state index contributed by atoms with van der Waals surface area (Å²) in [6.07, 6.45) is 6.60. The zero-order chi connectivity index (χ0) is 23.5. The highest BCUT2D eigenvalue weighted by atomic mass is 19.1. The third-order valence-electron chi connectivity index (χ3n) is 6.59. The molecule has 0 bridgehead atoms. The number of carbonyl (C=O) groups excluding carboxylic acids is 1. The number of carbonyl (C=O) groups is 1. The standard InChI is InChI=1S/C26H28F2N4O/c1-3-16-9-10-19(27)24(25(16)28)21-5-4-6-22(31-21)26(33)32-23-14-30-12-11-18(23)17-8-7-15(2)20(29)13-17/h4-6,9-12,14-15,17,20H,3,7-8,13,29H2,1-2H3,(H,32,33)/t15-,17+,20+/m0/s1. The van der Waals surface area contributed by atoms with Crippen molar-refractivity contribution in [2.75, 3.05) is 5.32 Å². The van der Waals surface area contributed by atoms with E-state index in [2.05, 4.69) is 22.2 Å². The quantitative estimate of drug-likeness (QED) is 0.540. The van der Waals surface area contributed by atoms with E-state index in [9.17, 15) is 13.6 Å². The lowest BCUT2D eigenvalue weighted by molar-refractivity contribution is 0.102. The molecule has 4 rings (SSSR count). The predicted molar refractivity (Wildman–Crippen MR) is 125 cm³/mol. The van der Waals surface area contributed by atoms with Crippen molar-refractivity contribution in [1.82, 2.24) is 9.97 Å². The average molecular weight is 451 g/mol. The molecule has 0 saturated heterocycles. The maximum absolute atomic E-state index is 14.8. The first-order valence-corrected chi connectivity index (χ1v) is 11.3. The van der Waals surface area contributed by atoms with Gasteiger partial charge in [-0.1, -0.05) is 26.0 Å². The van der Waals surface area contributed by atoms with Crippen molar-refractivity contribution in [2.45, 2.75) is 51.5 Å². The van der Waals surface area contributed by atoms with E-state index in [-0.39, 0.29) is 28.9 Å². The van der Waals surface area contributed by atoms with Crippen LogP contribution in [0.3, 0.4) is 0 Å². The molecule has 172 valence electrons. The van der Waals surface area contributed by atoms with Crippen LogP contribution in [0.5, 0.6) is 0 Å². The smallest absolute Gasteiger partial charge is 0.274 e. The van der Waals surface area contributed by atoms with Crippen LogP contribution in [0.2, 0.25) is 0 Å². The van der Waals surface area contributed by atoms with Crippen molar-refractivity contribution in [3.8, 4) is 11.3 Å². The van der Waals surface area contributed by atoms with E-state index in [0.29, 0.717) is 23.6 Å². The highest BCUT2D eigenvalue weighted by Gasteiger charge is 2.28. The molecule has 0 radical (unpaired) electrons. The molecule has 3 aromatic rings. The Labute approximate surface area is 192 Å². The Bertz CT molecular complexity index is 1170. The number of aryl methyl sites for hydroxylation is 1. The van der Waals surface area contributed by atoms with Crippen LogP contribution in [0.4, 0.5) is 14.5 Å². The molecule has 0 spiro atoms. The van der Waals surface area contributed by atoms with E-state index < -0.39 is 17.5 Å². The second kappa shape index (κ2) is 9.75. The number of nitrogens with one attached hydrogen (secondary N) is 1. The second-order valence-electron chi connectivity index (χ2n) is 8.73. The third kappa shape index (κ3) is 4.78. The molecule has 1 aliphatic carbocycles. The van der Waals surface area contributed by atoms with Gasteiger partial charge in [-0.3, -0.25) is 9.78 Å². The van der Waals surface area contributed by atoms with Crippen LogP contribution in [0.25, 0.3) is 11.3 Å². The van der Waals surface area contributed by atoms with E-state index in [1.54, 1.807) is 25.4 Å². The zero-order valence-electron chi connectivity index (χ0n) is 18.8. The van der Waals surface area contributed by atoms with E-state index in [1.165, 1.54) is 24.3 Å². The van der Waals surface area contributed by atoms with Gasteiger partial charge in [0.25, 0.3) is 5.91 Å². The van der Waals surface area contributed by atoms with Gasteiger partial charge in [-0.15, -0.1) is 0 Å². The first-order valence-electron chi connectivity index (χ1n) is 11.3. The van der Waals surface area contributed by atoms with Gasteiger partial charge in [0.15, 0.2) is 0 Å². The molecule has 7 heteroatoms. The fourth-order valence-electron chi connectivity index (χ4n) is 4.50. The van der Waals surface area contributed by atoms with Crippen molar-refractivity contribution in [2.24, 2.45) is 11.7 Å². The molecule has 1 aliphatic rings. The molecular weight excluding hydrogens is 422 g/mol. The number of nitrogens with two attached hydrogens (primary N) is 1. The molecule has 33 heavy (non-hydrogen) atoms. The van der Waals surface area contributed by atoms with Crippen LogP contribution >= 0.6 is 0 Å². The summed E-state index contributed by atoms with van der Waals surface area (Å²) in [5.74, 6) is -1.13. The number of halogens is 2. The summed E-state index contributed by atoms with van der Waals surface area (Å²) in [5, 5.41) is 2.89. The summed E-state index contributed by atoms with van der Waals surface area (Å²) in [6.45, 7) is 3.96. The van der Waals surface area contributed by atoms with Crippen LogP contribution in [-0.4, -0.2) is 21.9 Å². The average Bonchev–Trinajstić information content (AvgIpc) is 2.82. The predicted octanol–water partition coefficient (Wildman–Crippen LogP) is 5.47. The fraction of sp³-hybridized carbons (Fsp3) is 0.346. The highest BCUT2D eigenvalue weighted by molar-refractivity contribution is 6.03. The monoisotopic (exact) mass is 450 g/mol. The largest absolute Gasteiger partial charge is 0.327 e. The summed E-state index contributed by atoms with van der Waals surface area (Å²) in [5.41, 5.74) is 8.19. The van der Waals surface area contributed by atoms with Gasteiger partial charge in [0.1, 0.15) is 17.3 Å². The van der Waals surface area contributed by atoms with Gasteiger partial charge in [0.05, 0.1) is 23.1 Å². The highest BCUT2D eigenvalue weighted by Crippen LogP contribution is 2.38. The molecule has 5 nitrogen and oxygen atoms in total. The molecule has 2 heterocycles. The SMILES string of the molecule is CCc1ccc(F)c(-c2cccc(C(=O)Nc3cnccc3[C@@H]3CC[C@H](C)[C@H](N)C3)n2)c1F. The Morgan fingerprint density at radius 1 is 1.18 bits per heavy atom. The van der Waals surface area contributed by atoms with Crippen molar-refractivity contribution in [3.63, 3.8) is 0 Å². The van der Waals surface area contributed by atoms with E-state index >= 15 is 0 Å². The number of aromatic nitrogens is 2. The first kappa shape index (κ1) is 23.0. The Kier molecular flexibility index (Phi) is 6.79. The molecule has 0 unspecified atom stereocenters. The number of hydrogen-bond acceptors (Lipinski definition) is 4. The molecule has 0 aliphatic heterocycles. The topological polar surface area (TPSA) is 80.9 Å². The molecule has 1 amide bonds. The van der Waals surface area contributed by atoms with Gasteiger partial charge in [0, 0.05) is 12.2 Å². The normalized spacial score (nSPS) is 20.5. The Morgan fingerprint density at radius 3 is 2.76 bits per heavy atom. The number of anilines is 1. The number of hydrogen-bond donors (Lipinski definition) is 2. The molecule has 1 fully saturated rings. The van der Waals surface area contributed by atoms with E-state index in [4.69, 9.17) is 5.73 Å². The summed E-state index contributed by atoms with van der Waals surface area (Å²) in [4.78, 5) is 21.5. The summed E-state index contributed by atoms with van der Waals surface area (Å²) in [7, 11) is 0. The van der Waals surface area contributed by atoms with E-state index in [0.717, 1.165) is 24.8 Å². The van der Waals surface area contributed by atoms with Crippen LogP contribution in [0.1, 0.15) is 60.6 Å². The minimum absolute atomic E-state index is 0.0666. The molecule has 3 atom stereocenters. The van der Waals surface area contributed by atoms with Gasteiger partial charge < -0.3 is 11.1 Å². The van der Waals surface area contributed by atoms with Gasteiger partial charge >= 0.3 is 0 Å². The van der Waals surface area contributed by atoms with Gasteiger partial charge in [-0.25, -0.2) is 13.8 Å². The van der Waals surface area contributed by atoms with Gasteiger partial charge in [-0.2, -0.15) is 0 Å². The minimum atomic E-state index is -0.716. The van der Waals surface area contributed by atoms with Crippen molar-refractivity contribution < 1.29 is 13.6 Å². The lowest BCUT2D eigenvalue weighted by Crippen LogP contribution is -2.34. The van der Waals surface area contributed by atoms with Crippen LogP contribution < -0.4 is 11.1 Å². The van der Waals surface area contributed by atoms with Crippen LogP contribution in [0.15, 0.2) is 48.8 Å². The maximum atomic E-state index is 14.8. The van der Waals surface area contributed by atoms with Crippen LogP contribution in [-0.2, 0) is 6.42 Å². The summed E-state index contributed by atoms with van der Waals surface area (Å²) in [6, 6.07) is 9.26. The Hall–Kier alpha value is -3.19. The van der Waals surface area contributed by atoms with Crippen molar-refractivity contribution >= 4 is 11.6 Å². The molecule has 3 N–H and O–H groups in total. The van der Waals surface area contributed by atoms with E-state index in [1.807, 2.05) is 6.07 Å². The van der Waals surface area contributed by atoms with Crippen molar-refractivity contribution in [1.29, 1.82) is 0 Å². The number of pyridine rings is 2. The third-order valence-corrected chi connectivity index (χ3v) is 6.59. The van der Waals surface area contributed by atoms with Gasteiger partial charge in [0.2, 0.25) is 0 Å². The molecule has 1 aromatic carbocycles. The summed E-state index contributed by atoms with van der Waals surface area (Å²) < 4.78 is 29.3. The number of rotatable bonds is 5. The zero-order valence-corrected chi connectivity index (χ0v) is 18.8. The number of amides is 1. The lowest BCUT2D eigenvalue weighted by atomic mass is 9.76. The lowest BCUT2D eigenvalue weighted by Gasteiger charge is -2.32. The second-order valence-corrected chi connectivity index (χ2v) is 8.73. The summed E-state index contributed by atoms with van der Waals surface area (Å²) >= 11 is 0. The minimum Gasteiger partial charge on any atom is -0.327 e. The fourth-order valence-corrected chi connectivity index (χ4v) is 4.50. The Morgan fingerprint density at radius 2 is 2.00 bits per heavy atom. The molecular formula is C26H28F2N4O.